The lowest BCUT2D eigenvalue weighted by Crippen LogP contribution is -2.61. The zero-order valence-corrected chi connectivity index (χ0v) is 9.41. The summed E-state index contributed by atoms with van der Waals surface area (Å²) in [6.45, 7) is 3.29. The number of carboxylic acid groups (broad SMARTS) is 1. The number of amides is 2. The van der Waals surface area contributed by atoms with E-state index in [-0.39, 0.29) is 0 Å². The number of hydrogen-bond donors (Lipinski definition) is 3. The monoisotopic (exact) mass is 230 g/mol. The van der Waals surface area contributed by atoms with Gasteiger partial charge in [0, 0.05) is 13.2 Å². The molecule has 0 atom stereocenters. The molecule has 0 aromatic carbocycles. The molecule has 1 rings (SSSR count). The van der Waals surface area contributed by atoms with Crippen molar-refractivity contribution in [1.29, 1.82) is 0 Å². The number of carboxylic acids is 1. The molecule has 16 heavy (non-hydrogen) atoms. The Morgan fingerprint density at radius 1 is 1.44 bits per heavy atom. The highest BCUT2D eigenvalue weighted by atomic mass is 16.5. The molecule has 0 radical (unpaired) electrons. The van der Waals surface area contributed by atoms with Gasteiger partial charge in [0.15, 0.2) is 0 Å². The van der Waals surface area contributed by atoms with Crippen LogP contribution in [-0.2, 0) is 9.53 Å². The lowest BCUT2D eigenvalue weighted by molar-refractivity contribution is -0.148. The van der Waals surface area contributed by atoms with Crippen LogP contribution in [0.4, 0.5) is 4.79 Å². The molecule has 92 valence electrons. The van der Waals surface area contributed by atoms with Gasteiger partial charge in [-0.05, 0) is 26.2 Å². The Bertz CT molecular complexity index is 264. The van der Waals surface area contributed by atoms with Crippen LogP contribution in [0.3, 0.4) is 0 Å². The molecule has 6 nitrogen and oxygen atoms in total. The van der Waals surface area contributed by atoms with Gasteiger partial charge in [0.2, 0.25) is 0 Å². The second-order valence-electron chi connectivity index (χ2n) is 3.82. The van der Waals surface area contributed by atoms with Crippen LogP contribution in [0.5, 0.6) is 0 Å². The summed E-state index contributed by atoms with van der Waals surface area (Å²) in [5, 5.41) is 14.0. The third-order valence-corrected chi connectivity index (χ3v) is 2.71. The maximum Gasteiger partial charge on any atom is 0.329 e. The molecule has 2 amide bonds. The Morgan fingerprint density at radius 3 is 2.56 bits per heavy atom. The maximum absolute atomic E-state index is 11.4. The summed E-state index contributed by atoms with van der Waals surface area (Å²) in [7, 11) is 0. The highest BCUT2D eigenvalue weighted by Gasteiger charge is 2.45. The van der Waals surface area contributed by atoms with Crippen LogP contribution in [0.1, 0.15) is 26.2 Å². The Kier molecular flexibility index (Phi) is 4.54. The molecule has 1 saturated carbocycles. The van der Waals surface area contributed by atoms with Crippen LogP contribution >= 0.6 is 0 Å². The number of nitrogens with one attached hydrogen (secondary N) is 2. The van der Waals surface area contributed by atoms with E-state index in [9.17, 15) is 9.59 Å². The summed E-state index contributed by atoms with van der Waals surface area (Å²) in [5.74, 6) is -0.960. The SMILES string of the molecule is CCOCCNC(=O)NC1(C(=O)O)CCC1. The van der Waals surface area contributed by atoms with Crippen molar-refractivity contribution in [3.8, 4) is 0 Å². The highest BCUT2D eigenvalue weighted by molar-refractivity contribution is 5.87. The Hall–Kier alpha value is -1.30. The molecule has 0 heterocycles. The summed E-state index contributed by atoms with van der Waals surface area (Å²) in [6.07, 6.45) is 1.84. The van der Waals surface area contributed by atoms with Gasteiger partial charge in [-0.2, -0.15) is 0 Å². The van der Waals surface area contributed by atoms with Gasteiger partial charge in [-0.3, -0.25) is 0 Å². The van der Waals surface area contributed by atoms with Crippen molar-refractivity contribution < 1.29 is 19.4 Å². The van der Waals surface area contributed by atoms with Crippen LogP contribution in [0, 0.1) is 0 Å². The normalized spacial score (nSPS) is 17.3. The zero-order valence-electron chi connectivity index (χ0n) is 9.41. The number of urea groups is 1. The lowest BCUT2D eigenvalue weighted by atomic mass is 9.77. The molecule has 0 bridgehead atoms. The van der Waals surface area contributed by atoms with E-state index < -0.39 is 17.5 Å². The molecule has 0 spiro atoms. The Morgan fingerprint density at radius 2 is 2.12 bits per heavy atom. The average Bonchev–Trinajstić information content (AvgIpc) is 2.18. The average molecular weight is 230 g/mol. The molecule has 0 aromatic rings. The van der Waals surface area contributed by atoms with Gasteiger partial charge in [0.1, 0.15) is 5.54 Å². The fraction of sp³-hybridized carbons (Fsp3) is 0.800. The minimum atomic E-state index is -1.05. The number of carbonyl (C=O) groups excluding carboxylic acids is 1. The van der Waals surface area contributed by atoms with Crippen molar-refractivity contribution >= 4 is 12.0 Å². The van der Waals surface area contributed by atoms with Gasteiger partial charge in [0.05, 0.1) is 6.61 Å². The molecule has 1 fully saturated rings. The summed E-state index contributed by atoms with van der Waals surface area (Å²) in [6, 6.07) is -0.443. The molecule has 0 aromatic heterocycles. The fourth-order valence-electron chi connectivity index (χ4n) is 1.57. The first-order valence-electron chi connectivity index (χ1n) is 5.48. The second-order valence-corrected chi connectivity index (χ2v) is 3.82. The molecule has 0 unspecified atom stereocenters. The molecule has 6 heteroatoms. The smallest absolute Gasteiger partial charge is 0.329 e. The van der Waals surface area contributed by atoms with Crippen molar-refractivity contribution in [2.45, 2.75) is 31.7 Å². The van der Waals surface area contributed by atoms with E-state index >= 15 is 0 Å². The van der Waals surface area contributed by atoms with E-state index in [4.69, 9.17) is 9.84 Å². The molecule has 0 aliphatic heterocycles. The van der Waals surface area contributed by atoms with Crippen LogP contribution in [0.2, 0.25) is 0 Å². The summed E-state index contributed by atoms with van der Waals surface area (Å²) in [4.78, 5) is 22.3. The first-order valence-corrected chi connectivity index (χ1v) is 5.48. The quantitative estimate of drug-likeness (QED) is 0.574. The van der Waals surface area contributed by atoms with E-state index in [1.54, 1.807) is 0 Å². The predicted octanol–water partition coefficient (Wildman–Crippen LogP) is 0.329. The van der Waals surface area contributed by atoms with Crippen LogP contribution in [0.15, 0.2) is 0 Å². The van der Waals surface area contributed by atoms with Crippen molar-refractivity contribution in [3.05, 3.63) is 0 Å². The van der Waals surface area contributed by atoms with E-state index in [1.165, 1.54) is 0 Å². The van der Waals surface area contributed by atoms with Gasteiger partial charge in [-0.25, -0.2) is 9.59 Å². The third-order valence-electron chi connectivity index (χ3n) is 2.71. The number of hydrogen-bond acceptors (Lipinski definition) is 3. The van der Waals surface area contributed by atoms with Crippen molar-refractivity contribution in [3.63, 3.8) is 0 Å². The van der Waals surface area contributed by atoms with Gasteiger partial charge in [-0.1, -0.05) is 0 Å². The van der Waals surface area contributed by atoms with Gasteiger partial charge in [0.25, 0.3) is 0 Å². The fourth-order valence-corrected chi connectivity index (χ4v) is 1.57. The summed E-state index contributed by atoms with van der Waals surface area (Å²) < 4.78 is 5.04. The van der Waals surface area contributed by atoms with E-state index in [2.05, 4.69) is 10.6 Å². The third kappa shape index (κ3) is 3.10. The van der Waals surface area contributed by atoms with Crippen molar-refractivity contribution in [2.75, 3.05) is 19.8 Å². The van der Waals surface area contributed by atoms with E-state index in [0.29, 0.717) is 32.6 Å². The van der Waals surface area contributed by atoms with Gasteiger partial charge < -0.3 is 20.5 Å². The number of carbonyl (C=O) groups is 2. The number of aliphatic carboxylic acids is 1. The second kappa shape index (κ2) is 5.69. The number of rotatable bonds is 6. The Balaban J connectivity index is 2.25. The van der Waals surface area contributed by atoms with Gasteiger partial charge >= 0.3 is 12.0 Å². The van der Waals surface area contributed by atoms with Crippen LogP contribution in [0.25, 0.3) is 0 Å². The largest absolute Gasteiger partial charge is 0.480 e. The molecule has 3 N–H and O–H groups in total. The Labute approximate surface area is 94.3 Å². The molecule has 0 saturated heterocycles. The molecule has 1 aliphatic carbocycles. The standard InChI is InChI=1S/C10H18N2O4/c1-2-16-7-6-11-9(15)12-10(8(13)14)4-3-5-10/h2-7H2,1H3,(H,13,14)(H2,11,12,15). The summed E-state index contributed by atoms with van der Waals surface area (Å²) in [5.41, 5.74) is -1.05. The first-order chi connectivity index (χ1) is 7.60. The zero-order chi connectivity index (χ0) is 12.0. The minimum absolute atomic E-state index is 0.384. The van der Waals surface area contributed by atoms with Gasteiger partial charge in [-0.15, -0.1) is 0 Å². The highest BCUT2D eigenvalue weighted by Crippen LogP contribution is 2.31. The summed E-state index contributed by atoms with van der Waals surface area (Å²) >= 11 is 0. The minimum Gasteiger partial charge on any atom is -0.480 e. The molecule has 1 aliphatic rings. The molecular weight excluding hydrogens is 212 g/mol. The maximum atomic E-state index is 11.4. The topological polar surface area (TPSA) is 87.7 Å². The van der Waals surface area contributed by atoms with Crippen LogP contribution < -0.4 is 10.6 Å². The first kappa shape index (κ1) is 12.8. The number of ether oxygens (including phenoxy) is 1. The predicted molar refractivity (Wildman–Crippen MR) is 57.2 cm³/mol. The van der Waals surface area contributed by atoms with Crippen molar-refractivity contribution in [1.82, 2.24) is 10.6 Å². The van der Waals surface area contributed by atoms with Crippen molar-refractivity contribution in [2.24, 2.45) is 0 Å². The molecular formula is C10H18N2O4. The van der Waals surface area contributed by atoms with E-state index in [0.717, 1.165) is 6.42 Å². The van der Waals surface area contributed by atoms with Crippen LogP contribution in [-0.4, -0.2) is 42.4 Å². The van der Waals surface area contributed by atoms with E-state index in [1.807, 2.05) is 6.92 Å². The lowest BCUT2D eigenvalue weighted by Gasteiger charge is -2.38.